The SMILES string of the molecule is CCNC(c1cc(Br)cc2c1OCC2)C1CCCCC1. The van der Waals surface area contributed by atoms with Gasteiger partial charge in [0.25, 0.3) is 0 Å². The van der Waals surface area contributed by atoms with Crippen LogP contribution in [0.3, 0.4) is 0 Å². The highest BCUT2D eigenvalue weighted by Crippen LogP contribution is 2.42. The van der Waals surface area contributed by atoms with Gasteiger partial charge in [0.15, 0.2) is 0 Å². The van der Waals surface area contributed by atoms with Gasteiger partial charge in [0.2, 0.25) is 0 Å². The maximum atomic E-state index is 5.94. The number of hydrogen-bond acceptors (Lipinski definition) is 2. The van der Waals surface area contributed by atoms with E-state index in [-0.39, 0.29) is 0 Å². The van der Waals surface area contributed by atoms with Crippen LogP contribution in [0, 0.1) is 5.92 Å². The number of fused-ring (bicyclic) bond motifs is 1. The minimum atomic E-state index is 0.449. The van der Waals surface area contributed by atoms with Gasteiger partial charge in [-0.05, 0) is 43.0 Å². The van der Waals surface area contributed by atoms with Crippen molar-refractivity contribution < 1.29 is 4.74 Å². The van der Waals surface area contributed by atoms with Crippen molar-refractivity contribution in [2.45, 2.75) is 51.5 Å². The Morgan fingerprint density at radius 1 is 1.30 bits per heavy atom. The molecule has 3 rings (SSSR count). The summed E-state index contributed by atoms with van der Waals surface area (Å²) in [6.07, 6.45) is 7.90. The zero-order valence-corrected chi connectivity index (χ0v) is 13.8. The van der Waals surface area contributed by atoms with Crippen LogP contribution in [-0.4, -0.2) is 13.2 Å². The Labute approximate surface area is 130 Å². The van der Waals surface area contributed by atoms with Crippen molar-refractivity contribution in [2.75, 3.05) is 13.2 Å². The van der Waals surface area contributed by atoms with Gasteiger partial charge in [0.1, 0.15) is 5.75 Å². The average Bonchev–Trinajstić information content (AvgIpc) is 2.93. The van der Waals surface area contributed by atoms with Crippen LogP contribution in [0.15, 0.2) is 16.6 Å². The predicted octanol–water partition coefficient (Wildman–Crippen LogP) is 4.61. The van der Waals surface area contributed by atoms with Crippen molar-refractivity contribution in [1.29, 1.82) is 0 Å². The molecule has 0 radical (unpaired) electrons. The highest BCUT2D eigenvalue weighted by Gasteiger charge is 2.29. The van der Waals surface area contributed by atoms with Crippen LogP contribution in [0.1, 0.15) is 56.2 Å². The molecular formula is C17H24BrNO. The zero-order chi connectivity index (χ0) is 13.9. The fourth-order valence-electron chi connectivity index (χ4n) is 3.75. The highest BCUT2D eigenvalue weighted by atomic mass is 79.9. The van der Waals surface area contributed by atoms with E-state index in [0.29, 0.717) is 6.04 Å². The maximum Gasteiger partial charge on any atom is 0.127 e. The number of rotatable bonds is 4. The molecule has 1 aromatic carbocycles. The van der Waals surface area contributed by atoms with Gasteiger partial charge >= 0.3 is 0 Å². The van der Waals surface area contributed by atoms with Gasteiger partial charge < -0.3 is 10.1 Å². The summed E-state index contributed by atoms with van der Waals surface area (Å²) in [7, 11) is 0. The Balaban J connectivity index is 1.94. The molecule has 0 spiro atoms. The van der Waals surface area contributed by atoms with Gasteiger partial charge in [0, 0.05) is 22.5 Å². The van der Waals surface area contributed by atoms with Gasteiger partial charge in [-0.1, -0.05) is 42.1 Å². The maximum absolute atomic E-state index is 5.94. The Hall–Kier alpha value is -0.540. The average molecular weight is 338 g/mol. The summed E-state index contributed by atoms with van der Waals surface area (Å²) in [4.78, 5) is 0. The lowest BCUT2D eigenvalue weighted by atomic mass is 9.80. The molecule has 20 heavy (non-hydrogen) atoms. The van der Waals surface area contributed by atoms with Crippen molar-refractivity contribution in [3.05, 3.63) is 27.7 Å². The standard InChI is InChI=1S/C17H24BrNO/c1-2-19-16(12-6-4-3-5-7-12)15-11-14(18)10-13-8-9-20-17(13)15/h10-12,16,19H,2-9H2,1H3. The third-order valence-electron chi connectivity index (χ3n) is 4.66. The van der Waals surface area contributed by atoms with Gasteiger partial charge in [0.05, 0.1) is 6.61 Å². The van der Waals surface area contributed by atoms with E-state index in [1.165, 1.54) is 47.7 Å². The molecule has 1 atom stereocenters. The summed E-state index contributed by atoms with van der Waals surface area (Å²) < 4.78 is 7.13. The van der Waals surface area contributed by atoms with E-state index in [1.54, 1.807) is 0 Å². The minimum Gasteiger partial charge on any atom is -0.493 e. The summed E-state index contributed by atoms with van der Waals surface area (Å²) in [6, 6.07) is 4.94. The van der Waals surface area contributed by atoms with Crippen LogP contribution >= 0.6 is 15.9 Å². The molecule has 1 aliphatic carbocycles. The van der Waals surface area contributed by atoms with E-state index in [4.69, 9.17) is 4.74 Å². The fourth-order valence-corrected chi connectivity index (χ4v) is 4.27. The minimum absolute atomic E-state index is 0.449. The van der Waals surface area contributed by atoms with Gasteiger partial charge in [-0.25, -0.2) is 0 Å². The molecule has 110 valence electrons. The Morgan fingerprint density at radius 2 is 2.10 bits per heavy atom. The second-order valence-corrected chi connectivity index (χ2v) is 6.93. The molecule has 0 saturated heterocycles. The lowest BCUT2D eigenvalue weighted by Crippen LogP contribution is -2.30. The Kier molecular flexibility index (Phi) is 4.67. The first-order chi connectivity index (χ1) is 9.79. The van der Waals surface area contributed by atoms with Crippen molar-refractivity contribution in [3.8, 4) is 5.75 Å². The van der Waals surface area contributed by atoms with Crippen molar-refractivity contribution in [2.24, 2.45) is 5.92 Å². The van der Waals surface area contributed by atoms with Crippen LogP contribution in [0.4, 0.5) is 0 Å². The Morgan fingerprint density at radius 3 is 2.85 bits per heavy atom. The molecule has 2 nitrogen and oxygen atoms in total. The first-order valence-electron chi connectivity index (χ1n) is 7.98. The molecule has 1 heterocycles. The van der Waals surface area contributed by atoms with Crippen molar-refractivity contribution >= 4 is 15.9 Å². The quantitative estimate of drug-likeness (QED) is 0.865. The zero-order valence-electron chi connectivity index (χ0n) is 12.3. The molecule has 1 aliphatic heterocycles. The van der Waals surface area contributed by atoms with Crippen LogP contribution in [0.2, 0.25) is 0 Å². The normalized spacial score (nSPS) is 20.5. The van der Waals surface area contributed by atoms with Crippen molar-refractivity contribution in [1.82, 2.24) is 5.32 Å². The van der Waals surface area contributed by atoms with Crippen LogP contribution in [0.5, 0.6) is 5.75 Å². The summed E-state index contributed by atoms with van der Waals surface area (Å²) >= 11 is 3.68. The molecule has 3 heteroatoms. The lowest BCUT2D eigenvalue weighted by molar-refractivity contribution is 0.266. The fraction of sp³-hybridized carbons (Fsp3) is 0.647. The largest absolute Gasteiger partial charge is 0.493 e. The number of nitrogens with one attached hydrogen (secondary N) is 1. The van der Waals surface area contributed by atoms with Crippen LogP contribution < -0.4 is 10.1 Å². The van der Waals surface area contributed by atoms with E-state index in [2.05, 4.69) is 40.3 Å². The number of halogens is 1. The highest BCUT2D eigenvalue weighted by molar-refractivity contribution is 9.10. The van der Waals surface area contributed by atoms with E-state index in [1.807, 2.05) is 0 Å². The first kappa shape index (κ1) is 14.4. The summed E-state index contributed by atoms with van der Waals surface area (Å²) in [5, 5.41) is 3.72. The molecule has 1 fully saturated rings. The monoisotopic (exact) mass is 337 g/mol. The molecule has 1 unspecified atom stereocenters. The summed E-state index contributed by atoms with van der Waals surface area (Å²) in [5.74, 6) is 1.91. The Bertz CT molecular complexity index is 468. The van der Waals surface area contributed by atoms with Gasteiger partial charge in [-0.15, -0.1) is 0 Å². The molecule has 1 aromatic rings. The smallest absolute Gasteiger partial charge is 0.127 e. The lowest BCUT2D eigenvalue weighted by Gasteiger charge is -2.32. The molecule has 0 aromatic heterocycles. The van der Waals surface area contributed by atoms with Crippen LogP contribution in [-0.2, 0) is 6.42 Å². The van der Waals surface area contributed by atoms with E-state index >= 15 is 0 Å². The van der Waals surface area contributed by atoms with E-state index < -0.39 is 0 Å². The molecule has 1 saturated carbocycles. The number of ether oxygens (including phenoxy) is 1. The first-order valence-corrected chi connectivity index (χ1v) is 8.77. The second kappa shape index (κ2) is 6.48. The van der Waals surface area contributed by atoms with Gasteiger partial charge in [-0.3, -0.25) is 0 Å². The van der Waals surface area contributed by atoms with Crippen molar-refractivity contribution in [3.63, 3.8) is 0 Å². The van der Waals surface area contributed by atoms with Crippen LogP contribution in [0.25, 0.3) is 0 Å². The molecule has 1 N–H and O–H groups in total. The summed E-state index contributed by atoms with van der Waals surface area (Å²) in [5.41, 5.74) is 2.74. The third-order valence-corrected chi connectivity index (χ3v) is 5.12. The van der Waals surface area contributed by atoms with Gasteiger partial charge in [-0.2, -0.15) is 0 Å². The van der Waals surface area contributed by atoms with E-state index in [9.17, 15) is 0 Å². The molecular weight excluding hydrogens is 314 g/mol. The number of benzene rings is 1. The molecule has 2 aliphatic rings. The van der Waals surface area contributed by atoms with E-state index in [0.717, 1.165) is 31.2 Å². The predicted molar refractivity (Wildman–Crippen MR) is 86.3 cm³/mol. The third kappa shape index (κ3) is 2.89. The molecule has 0 bridgehead atoms. The topological polar surface area (TPSA) is 21.3 Å². The molecule has 0 amide bonds. The second-order valence-electron chi connectivity index (χ2n) is 6.02. The number of hydrogen-bond donors (Lipinski definition) is 1. The summed E-state index contributed by atoms with van der Waals surface area (Å²) in [6.45, 7) is 4.06.